The van der Waals surface area contributed by atoms with Crippen LogP contribution in [0.2, 0.25) is 0 Å². The van der Waals surface area contributed by atoms with Crippen molar-refractivity contribution in [1.29, 1.82) is 0 Å². The first-order valence-electron chi connectivity index (χ1n) is 8.49. The number of rotatable bonds is 5. The number of carbonyl (C=O) groups is 2. The Labute approximate surface area is 146 Å². The minimum atomic E-state index is -0.493. The molecule has 1 aromatic carbocycles. The maximum absolute atomic E-state index is 12.5. The maximum atomic E-state index is 12.5. The predicted molar refractivity (Wildman–Crippen MR) is 94.2 cm³/mol. The van der Waals surface area contributed by atoms with Crippen molar-refractivity contribution in [1.82, 2.24) is 9.80 Å². The number of carbonyl (C=O) groups excluding carboxylic acids is 2. The Hall–Kier alpha value is -2.48. The predicted octanol–water partition coefficient (Wildman–Crippen LogP) is 1.87. The zero-order chi connectivity index (χ0) is 18.4. The van der Waals surface area contributed by atoms with E-state index in [-0.39, 0.29) is 23.5 Å². The molecule has 25 heavy (non-hydrogen) atoms. The Balaban J connectivity index is 1.96. The molecular formula is C17H24N4O4. The van der Waals surface area contributed by atoms with Gasteiger partial charge in [0.1, 0.15) is 0 Å². The molecular weight excluding hydrogens is 324 g/mol. The Morgan fingerprint density at radius 2 is 2.04 bits per heavy atom. The summed E-state index contributed by atoms with van der Waals surface area (Å²) < 4.78 is 0. The van der Waals surface area contributed by atoms with Gasteiger partial charge >= 0.3 is 0 Å². The number of anilines is 1. The van der Waals surface area contributed by atoms with Crippen LogP contribution in [0.3, 0.4) is 0 Å². The molecule has 1 fully saturated rings. The fourth-order valence-corrected chi connectivity index (χ4v) is 2.91. The maximum Gasteiger partial charge on any atom is 0.271 e. The molecule has 0 spiro atoms. The molecule has 0 bridgehead atoms. The summed E-state index contributed by atoms with van der Waals surface area (Å²) in [6.07, 6.45) is 1.31. The van der Waals surface area contributed by atoms with Crippen molar-refractivity contribution in [2.24, 2.45) is 0 Å². The number of benzene rings is 1. The van der Waals surface area contributed by atoms with Gasteiger partial charge in [-0.25, -0.2) is 0 Å². The highest BCUT2D eigenvalue weighted by atomic mass is 16.6. The van der Waals surface area contributed by atoms with Crippen molar-refractivity contribution < 1.29 is 14.5 Å². The molecule has 0 radical (unpaired) electrons. The summed E-state index contributed by atoms with van der Waals surface area (Å²) in [6.45, 7) is 6.35. The van der Waals surface area contributed by atoms with Gasteiger partial charge in [-0.3, -0.25) is 24.6 Å². The third kappa shape index (κ3) is 4.99. The second kappa shape index (κ2) is 8.57. The van der Waals surface area contributed by atoms with E-state index in [9.17, 15) is 19.7 Å². The highest BCUT2D eigenvalue weighted by molar-refractivity contribution is 5.94. The molecule has 8 heteroatoms. The molecule has 2 amide bonds. The zero-order valence-electron chi connectivity index (χ0n) is 14.6. The molecule has 2 rings (SSSR count). The molecule has 1 atom stereocenters. The van der Waals surface area contributed by atoms with E-state index in [1.165, 1.54) is 12.1 Å². The van der Waals surface area contributed by atoms with Gasteiger partial charge in [-0.2, -0.15) is 0 Å². The third-order valence-corrected chi connectivity index (χ3v) is 4.44. The van der Waals surface area contributed by atoms with Crippen molar-refractivity contribution in [3.8, 4) is 0 Å². The number of nitro groups is 1. The lowest BCUT2D eigenvalue weighted by Gasteiger charge is -2.27. The van der Waals surface area contributed by atoms with Gasteiger partial charge in [0.2, 0.25) is 11.8 Å². The van der Waals surface area contributed by atoms with E-state index >= 15 is 0 Å². The summed E-state index contributed by atoms with van der Waals surface area (Å²) in [4.78, 5) is 38.5. The Morgan fingerprint density at radius 1 is 1.28 bits per heavy atom. The van der Waals surface area contributed by atoms with E-state index < -0.39 is 4.92 Å². The molecule has 1 heterocycles. The first-order valence-corrected chi connectivity index (χ1v) is 8.49. The van der Waals surface area contributed by atoms with Gasteiger partial charge in [0.15, 0.2) is 0 Å². The number of nitro benzene ring substituents is 1. The number of nitrogens with one attached hydrogen (secondary N) is 1. The number of nitrogens with zero attached hydrogens (tertiary/aromatic N) is 3. The number of amides is 2. The van der Waals surface area contributed by atoms with E-state index in [0.29, 0.717) is 31.7 Å². The summed E-state index contributed by atoms with van der Waals surface area (Å²) in [5, 5.41) is 13.6. The summed E-state index contributed by atoms with van der Waals surface area (Å²) >= 11 is 0. The molecule has 0 aromatic heterocycles. The van der Waals surface area contributed by atoms with E-state index in [2.05, 4.69) is 5.32 Å². The van der Waals surface area contributed by atoms with Crippen LogP contribution in [-0.4, -0.2) is 58.8 Å². The van der Waals surface area contributed by atoms with Crippen molar-refractivity contribution in [3.63, 3.8) is 0 Å². The lowest BCUT2D eigenvalue weighted by Crippen LogP contribution is -2.44. The minimum absolute atomic E-state index is 0.0612. The summed E-state index contributed by atoms with van der Waals surface area (Å²) in [6, 6.07) is 5.51. The van der Waals surface area contributed by atoms with Gasteiger partial charge in [0.25, 0.3) is 5.69 Å². The highest BCUT2D eigenvalue weighted by Crippen LogP contribution is 2.18. The van der Waals surface area contributed by atoms with E-state index in [1.807, 2.05) is 23.6 Å². The smallest absolute Gasteiger partial charge is 0.271 e. The van der Waals surface area contributed by atoms with Gasteiger partial charge in [0, 0.05) is 50.4 Å². The Bertz CT molecular complexity index is 649. The second-order valence-corrected chi connectivity index (χ2v) is 6.10. The highest BCUT2D eigenvalue weighted by Gasteiger charge is 2.25. The van der Waals surface area contributed by atoms with Crippen LogP contribution in [-0.2, 0) is 9.59 Å². The molecule has 8 nitrogen and oxygen atoms in total. The van der Waals surface area contributed by atoms with Gasteiger partial charge in [0.05, 0.1) is 11.0 Å². The molecule has 1 N–H and O–H groups in total. The summed E-state index contributed by atoms with van der Waals surface area (Å²) in [5.74, 6) is -0.0775. The molecule has 1 aliphatic heterocycles. The number of non-ortho nitro benzene ring substituents is 1. The molecule has 136 valence electrons. The lowest BCUT2D eigenvalue weighted by molar-refractivity contribution is -0.384. The zero-order valence-corrected chi connectivity index (χ0v) is 14.6. The number of hydrogen-bond acceptors (Lipinski definition) is 5. The van der Waals surface area contributed by atoms with Crippen LogP contribution in [0, 0.1) is 10.1 Å². The van der Waals surface area contributed by atoms with Crippen LogP contribution in [0.1, 0.15) is 26.7 Å². The molecule has 0 saturated carbocycles. The van der Waals surface area contributed by atoms with Crippen LogP contribution < -0.4 is 5.32 Å². The summed E-state index contributed by atoms with van der Waals surface area (Å²) in [5.41, 5.74) is 0.345. The van der Waals surface area contributed by atoms with Crippen molar-refractivity contribution in [3.05, 3.63) is 34.4 Å². The topological polar surface area (TPSA) is 95.8 Å². The van der Waals surface area contributed by atoms with Gasteiger partial charge in [-0.05, 0) is 19.4 Å². The Morgan fingerprint density at radius 3 is 2.72 bits per heavy atom. The molecule has 0 aliphatic carbocycles. The van der Waals surface area contributed by atoms with E-state index in [4.69, 9.17) is 0 Å². The van der Waals surface area contributed by atoms with Crippen LogP contribution in [0.4, 0.5) is 11.4 Å². The molecule has 1 saturated heterocycles. The second-order valence-electron chi connectivity index (χ2n) is 6.10. The quantitative estimate of drug-likeness (QED) is 0.647. The monoisotopic (exact) mass is 348 g/mol. The molecule has 1 aliphatic rings. The van der Waals surface area contributed by atoms with Crippen LogP contribution in [0.5, 0.6) is 0 Å². The average Bonchev–Trinajstić information content (AvgIpc) is 2.86. The van der Waals surface area contributed by atoms with Gasteiger partial charge < -0.3 is 10.2 Å². The van der Waals surface area contributed by atoms with Crippen LogP contribution >= 0.6 is 0 Å². The van der Waals surface area contributed by atoms with E-state index in [0.717, 1.165) is 13.0 Å². The lowest BCUT2D eigenvalue weighted by atomic mass is 10.2. The van der Waals surface area contributed by atoms with Crippen molar-refractivity contribution in [2.75, 3.05) is 31.5 Å². The van der Waals surface area contributed by atoms with Crippen molar-refractivity contribution >= 4 is 23.2 Å². The largest absolute Gasteiger partial charge is 0.341 e. The standard InChI is InChI=1S/C17H24N4O4/c1-3-16(22)20-9-5-8-19(10-11-20)13(2)17(23)18-14-6-4-7-15(12-14)21(24)25/h4,6-7,12-13H,3,5,8-11H2,1-2H3,(H,18,23). The SMILES string of the molecule is CCC(=O)N1CCCN(C(C)C(=O)Nc2cccc([N+](=O)[O-])c2)CC1. The normalized spacial score (nSPS) is 16.8. The fraction of sp³-hybridized carbons (Fsp3) is 0.529. The first kappa shape index (κ1) is 18.9. The average molecular weight is 348 g/mol. The molecule has 1 aromatic rings. The third-order valence-electron chi connectivity index (χ3n) is 4.44. The van der Waals surface area contributed by atoms with Gasteiger partial charge in [-0.1, -0.05) is 13.0 Å². The molecule has 1 unspecified atom stereocenters. The number of hydrogen-bond donors (Lipinski definition) is 1. The van der Waals surface area contributed by atoms with Crippen LogP contribution in [0.15, 0.2) is 24.3 Å². The minimum Gasteiger partial charge on any atom is -0.341 e. The fourth-order valence-electron chi connectivity index (χ4n) is 2.91. The summed E-state index contributed by atoms with van der Waals surface area (Å²) in [7, 11) is 0. The Kier molecular flexibility index (Phi) is 6.46. The van der Waals surface area contributed by atoms with Gasteiger partial charge in [-0.15, -0.1) is 0 Å². The van der Waals surface area contributed by atoms with Crippen molar-refractivity contribution in [2.45, 2.75) is 32.7 Å². The first-order chi connectivity index (χ1) is 11.9. The van der Waals surface area contributed by atoms with Crippen LogP contribution in [0.25, 0.3) is 0 Å². The van der Waals surface area contributed by atoms with E-state index in [1.54, 1.807) is 12.1 Å².